The maximum absolute atomic E-state index is 6.60. The lowest BCUT2D eigenvalue weighted by atomic mass is 9.73. The molecule has 2 atom stereocenters. The van der Waals surface area contributed by atoms with Gasteiger partial charge in [0.15, 0.2) is 0 Å². The average Bonchev–Trinajstić information content (AvgIpc) is 2.55. The molecule has 1 saturated carbocycles. The normalized spacial score (nSPS) is 26.5. The van der Waals surface area contributed by atoms with E-state index in [1.807, 2.05) is 18.2 Å². The van der Waals surface area contributed by atoms with Crippen molar-refractivity contribution < 1.29 is 9.47 Å². The number of hydrogen-bond acceptors (Lipinski definition) is 3. The minimum Gasteiger partial charge on any atom is -0.496 e. The van der Waals surface area contributed by atoms with Gasteiger partial charge in [-0.05, 0) is 37.7 Å². The third-order valence-corrected chi connectivity index (χ3v) is 5.30. The summed E-state index contributed by atoms with van der Waals surface area (Å²) >= 11 is 0. The van der Waals surface area contributed by atoms with Crippen LogP contribution in [0.1, 0.15) is 56.6 Å². The van der Waals surface area contributed by atoms with E-state index >= 15 is 0 Å². The minimum absolute atomic E-state index is 0.0452. The van der Waals surface area contributed by atoms with E-state index in [0.717, 1.165) is 30.8 Å². The molecule has 1 heterocycles. The summed E-state index contributed by atoms with van der Waals surface area (Å²) in [6, 6.07) is 8.20. The van der Waals surface area contributed by atoms with Crippen molar-refractivity contribution in [2.75, 3.05) is 13.7 Å². The highest BCUT2D eigenvalue weighted by molar-refractivity contribution is 5.36. The Morgan fingerprint density at radius 3 is 2.76 bits per heavy atom. The molecular weight excluding hydrogens is 262 g/mol. The van der Waals surface area contributed by atoms with Crippen molar-refractivity contribution in [1.29, 1.82) is 0 Å². The van der Waals surface area contributed by atoms with Crippen LogP contribution in [0.3, 0.4) is 0 Å². The Morgan fingerprint density at radius 1 is 1.24 bits per heavy atom. The molecule has 0 aromatic heterocycles. The predicted molar refractivity (Wildman–Crippen MR) is 84.4 cm³/mol. The predicted octanol–water partition coefficient (Wildman–Crippen LogP) is 3.82. The smallest absolute Gasteiger partial charge is 0.123 e. The van der Waals surface area contributed by atoms with Crippen LogP contribution < -0.4 is 10.5 Å². The van der Waals surface area contributed by atoms with E-state index < -0.39 is 0 Å². The molecule has 1 aromatic carbocycles. The Hall–Kier alpha value is -1.06. The van der Waals surface area contributed by atoms with Crippen molar-refractivity contribution in [2.45, 2.75) is 56.6 Å². The molecule has 116 valence electrons. The second-order valence-corrected chi connectivity index (χ2v) is 6.61. The SMILES string of the molecule is COc1ccccc1C(N)C1CCOC2(CCCCC2)C1. The van der Waals surface area contributed by atoms with Gasteiger partial charge in [0.1, 0.15) is 5.75 Å². The van der Waals surface area contributed by atoms with Crippen LogP contribution in [-0.2, 0) is 4.74 Å². The Kier molecular flexibility index (Phi) is 4.51. The zero-order chi connectivity index (χ0) is 14.7. The molecule has 1 aliphatic heterocycles. The molecule has 1 aliphatic carbocycles. The van der Waals surface area contributed by atoms with Crippen molar-refractivity contribution in [3.05, 3.63) is 29.8 Å². The van der Waals surface area contributed by atoms with E-state index in [1.165, 1.54) is 32.1 Å². The summed E-state index contributed by atoms with van der Waals surface area (Å²) in [5.74, 6) is 1.40. The molecule has 3 heteroatoms. The second kappa shape index (κ2) is 6.37. The van der Waals surface area contributed by atoms with Crippen LogP contribution in [0.15, 0.2) is 24.3 Å². The average molecular weight is 289 g/mol. The first-order valence-corrected chi connectivity index (χ1v) is 8.27. The first-order chi connectivity index (χ1) is 10.2. The fourth-order valence-corrected chi connectivity index (χ4v) is 4.11. The molecule has 1 spiro atoms. The number of methoxy groups -OCH3 is 1. The summed E-state index contributed by atoms with van der Waals surface area (Å²) in [4.78, 5) is 0. The Balaban J connectivity index is 1.76. The zero-order valence-electron chi connectivity index (χ0n) is 13.0. The van der Waals surface area contributed by atoms with Gasteiger partial charge in [-0.25, -0.2) is 0 Å². The molecular formula is C18H27NO2. The van der Waals surface area contributed by atoms with Crippen LogP contribution in [0.25, 0.3) is 0 Å². The minimum atomic E-state index is 0.0452. The lowest BCUT2D eigenvalue weighted by Crippen LogP contribution is -2.44. The monoisotopic (exact) mass is 289 g/mol. The van der Waals surface area contributed by atoms with Gasteiger partial charge in [-0.15, -0.1) is 0 Å². The molecule has 2 fully saturated rings. The Bertz CT molecular complexity index is 463. The van der Waals surface area contributed by atoms with E-state index in [2.05, 4.69) is 6.07 Å². The van der Waals surface area contributed by atoms with Gasteiger partial charge < -0.3 is 15.2 Å². The molecule has 0 bridgehead atoms. The maximum Gasteiger partial charge on any atom is 0.123 e. The van der Waals surface area contributed by atoms with Gasteiger partial charge in [0.2, 0.25) is 0 Å². The summed E-state index contributed by atoms with van der Waals surface area (Å²) in [6.45, 7) is 0.855. The molecule has 1 aromatic rings. The molecule has 0 amide bonds. The summed E-state index contributed by atoms with van der Waals surface area (Å²) in [6.07, 6.45) is 8.54. The highest BCUT2D eigenvalue weighted by Crippen LogP contribution is 2.44. The van der Waals surface area contributed by atoms with E-state index in [1.54, 1.807) is 7.11 Å². The molecule has 3 nitrogen and oxygen atoms in total. The largest absolute Gasteiger partial charge is 0.496 e. The molecule has 2 unspecified atom stereocenters. The highest BCUT2D eigenvalue weighted by Gasteiger charge is 2.40. The van der Waals surface area contributed by atoms with E-state index in [0.29, 0.717) is 5.92 Å². The van der Waals surface area contributed by atoms with Crippen LogP contribution in [0.2, 0.25) is 0 Å². The van der Waals surface area contributed by atoms with Crippen molar-refractivity contribution in [3.63, 3.8) is 0 Å². The quantitative estimate of drug-likeness (QED) is 0.920. The van der Waals surface area contributed by atoms with Gasteiger partial charge in [-0.1, -0.05) is 37.5 Å². The first kappa shape index (κ1) is 14.9. The molecule has 2 N–H and O–H groups in total. The van der Waals surface area contributed by atoms with Crippen LogP contribution >= 0.6 is 0 Å². The van der Waals surface area contributed by atoms with Gasteiger partial charge in [-0.3, -0.25) is 0 Å². The van der Waals surface area contributed by atoms with Gasteiger partial charge in [0.05, 0.1) is 12.7 Å². The second-order valence-electron chi connectivity index (χ2n) is 6.61. The van der Waals surface area contributed by atoms with Crippen LogP contribution in [0.4, 0.5) is 0 Å². The molecule has 21 heavy (non-hydrogen) atoms. The highest BCUT2D eigenvalue weighted by atomic mass is 16.5. The van der Waals surface area contributed by atoms with E-state index in [4.69, 9.17) is 15.2 Å². The van der Waals surface area contributed by atoms with Crippen molar-refractivity contribution in [3.8, 4) is 5.75 Å². The zero-order valence-corrected chi connectivity index (χ0v) is 13.0. The Morgan fingerprint density at radius 2 is 2.00 bits per heavy atom. The van der Waals surface area contributed by atoms with E-state index in [9.17, 15) is 0 Å². The number of hydrogen-bond donors (Lipinski definition) is 1. The number of ether oxygens (including phenoxy) is 2. The number of benzene rings is 1. The van der Waals surface area contributed by atoms with E-state index in [-0.39, 0.29) is 11.6 Å². The standard InChI is InChI=1S/C18H27NO2/c1-20-16-8-4-3-7-15(16)17(19)14-9-12-21-18(13-14)10-5-2-6-11-18/h3-4,7-8,14,17H,2,5-6,9-13,19H2,1H3. The molecule has 0 radical (unpaired) electrons. The van der Waals surface area contributed by atoms with Gasteiger partial charge in [0.25, 0.3) is 0 Å². The van der Waals surface area contributed by atoms with Crippen molar-refractivity contribution in [1.82, 2.24) is 0 Å². The fraction of sp³-hybridized carbons (Fsp3) is 0.667. The molecule has 2 aliphatic rings. The number of nitrogens with two attached hydrogens (primary N) is 1. The summed E-state index contributed by atoms with van der Waals surface area (Å²) in [5.41, 5.74) is 7.85. The van der Waals surface area contributed by atoms with Crippen LogP contribution in [0.5, 0.6) is 5.75 Å². The topological polar surface area (TPSA) is 44.5 Å². The number of rotatable bonds is 3. The third-order valence-electron chi connectivity index (χ3n) is 5.30. The van der Waals surface area contributed by atoms with Crippen molar-refractivity contribution in [2.24, 2.45) is 11.7 Å². The fourth-order valence-electron chi connectivity index (χ4n) is 4.11. The summed E-state index contributed by atoms with van der Waals surface area (Å²) < 4.78 is 11.7. The van der Waals surface area contributed by atoms with Gasteiger partial charge >= 0.3 is 0 Å². The maximum atomic E-state index is 6.60. The lowest BCUT2D eigenvalue weighted by molar-refractivity contribution is -0.120. The summed E-state index contributed by atoms with van der Waals surface area (Å²) in [5, 5.41) is 0. The van der Waals surface area contributed by atoms with Gasteiger partial charge in [-0.2, -0.15) is 0 Å². The molecule has 1 saturated heterocycles. The third kappa shape index (κ3) is 3.09. The van der Waals surface area contributed by atoms with Crippen LogP contribution in [-0.4, -0.2) is 19.3 Å². The first-order valence-electron chi connectivity index (χ1n) is 8.27. The summed E-state index contributed by atoms with van der Waals surface area (Å²) in [7, 11) is 1.72. The lowest BCUT2D eigenvalue weighted by Gasteiger charge is -2.45. The molecule has 3 rings (SSSR count). The van der Waals surface area contributed by atoms with Crippen LogP contribution in [0, 0.1) is 5.92 Å². The number of para-hydroxylation sites is 1. The Labute approximate surface area is 127 Å². The van der Waals surface area contributed by atoms with Crippen molar-refractivity contribution >= 4 is 0 Å². The van der Waals surface area contributed by atoms with Gasteiger partial charge in [0, 0.05) is 18.2 Å².